The van der Waals surface area contributed by atoms with Crippen LogP contribution in [0.4, 0.5) is 13.2 Å². The van der Waals surface area contributed by atoms with E-state index in [1.165, 1.54) is 0 Å². The van der Waals surface area contributed by atoms with Crippen molar-refractivity contribution < 1.29 is 18.1 Å². The highest BCUT2D eigenvalue weighted by molar-refractivity contribution is 6.32. The number of benzene rings is 1. The second-order valence-corrected chi connectivity index (χ2v) is 3.24. The molecule has 0 aromatic heterocycles. The molecule has 86 valence electrons. The summed E-state index contributed by atoms with van der Waals surface area (Å²) in [6.45, 7) is 0. The van der Waals surface area contributed by atoms with Crippen LogP contribution in [-0.4, -0.2) is 4.92 Å². The van der Waals surface area contributed by atoms with Crippen molar-refractivity contribution >= 4 is 17.7 Å². The molecule has 0 radical (unpaired) electrons. The molecule has 0 aliphatic rings. The lowest BCUT2D eigenvalue weighted by atomic mass is 10.1. The Morgan fingerprint density at radius 2 is 2.00 bits per heavy atom. The van der Waals surface area contributed by atoms with Crippen molar-refractivity contribution in [1.82, 2.24) is 0 Å². The maximum absolute atomic E-state index is 12.2. The number of hydrogen-bond acceptors (Lipinski definition) is 2. The molecule has 0 unspecified atom stereocenters. The monoisotopic (exact) mass is 251 g/mol. The Morgan fingerprint density at radius 1 is 1.38 bits per heavy atom. The lowest BCUT2D eigenvalue weighted by molar-refractivity contribution is -0.400. The van der Waals surface area contributed by atoms with Gasteiger partial charge in [-0.15, -0.1) is 0 Å². The number of alkyl halides is 3. The van der Waals surface area contributed by atoms with Gasteiger partial charge in [0.15, 0.2) is 0 Å². The van der Waals surface area contributed by atoms with Crippen molar-refractivity contribution in [3.05, 3.63) is 50.7 Å². The van der Waals surface area contributed by atoms with Gasteiger partial charge in [0.2, 0.25) is 6.20 Å². The minimum absolute atomic E-state index is 0.159. The van der Waals surface area contributed by atoms with Crippen molar-refractivity contribution in [3.8, 4) is 0 Å². The van der Waals surface area contributed by atoms with E-state index in [0.29, 0.717) is 6.20 Å². The van der Waals surface area contributed by atoms with Crippen LogP contribution in [-0.2, 0) is 6.18 Å². The maximum Gasteiger partial charge on any atom is 0.416 e. The highest BCUT2D eigenvalue weighted by atomic mass is 35.5. The van der Waals surface area contributed by atoms with E-state index in [2.05, 4.69) is 0 Å². The summed E-state index contributed by atoms with van der Waals surface area (Å²) in [6.07, 6.45) is -2.84. The third-order valence-electron chi connectivity index (χ3n) is 1.70. The van der Waals surface area contributed by atoms with Gasteiger partial charge < -0.3 is 0 Å². The summed E-state index contributed by atoms with van der Waals surface area (Å²) in [7, 11) is 0. The number of nitro groups is 1. The summed E-state index contributed by atoms with van der Waals surface area (Å²) < 4.78 is 36.7. The van der Waals surface area contributed by atoms with E-state index in [9.17, 15) is 23.3 Å². The predicted octanol–water partition coefficient (Wildman–Crippen LogP) is 3.61. The van der Waals surface area contributed by atoms with Gasteiger partial charge in [-0.25, -0.2) is 0 Å². The summed E-state index contributed by atoms with van der Waals surface area (Å²) in [5.74, 6) is 0. The minimum Gasteiger partial charge on any atom is -0.259 e. The van der Waals surface area contributed by atoms with E-state index >= 15 is 0 Å². The average molecular weight is 252 g/mol. The third kappa shape index (κ3) is 3.23. The molecule has 0 bridgehead atoms. The van der Waals surface area contributed by atoms with Crippen molar-refractivity contribution in [1.29, 1.82) is 0 Å². The van der Waals surface area contributed by atoms with Crippen LogP contribution in [0.1, 0.15) is 11.1 Å². The van der Waals surface area contributed by atoms with Gasteiger partial charge in [-0.3, -0.25) is 10.1 Å². The highest BCUT2D eigenvalue weighted by Crippen LogP contribution is 2.32. The Balaban J connectivity index is 3.05. The zero-order valence-corrected chi connectivity index (χ0v) is 8.42. The van der Waals surface area contributed by atoms with E-state index < -0.39 is 16.7 Å². The van der Waals surface area contributed by atoms with Gasteiger partial charge in [0.1, 0.15) is 0 Å². The first-order chi connectivity index (χ1) is 7.30. The van der Waals surface area contributed by atoms with E-state index in [-0.39, 0.29) is 10.6 Å². The Labute approximate surface area is 93.3 Å². The van der Waals surface area contributed by atoms with E-state index in [0.717, 1.165) is 24.3 Å². The molecule has 0 N–H and O–H groups in total. The molecule has 0 spiro atoms. The molecule has 16 heavy (non-hydrogen) atoms. The number of halogens is 4. The van der Waals surface area contributed by atoms with Gasteiger partial charge in [-0.1, -0.05) is 17.7 Å². The van der Waals surface area contributed by atoms with Gasteiger partial charge >= 0.3 is 6.18 Å². The Morgan fingerprint density at radius 3 is 2.44 bits per heavy atom. The largest absolute Gasteiger partial charge is 0.416 e. The topological polar surface area (TPSA) is 43.1 Å². The van der Waals surface area contributed by atoms with Crippen LogP contribution in [0.5, 0.6) is 0 Å². The average Bonchev–Trinajstić information content (AvgIpc) is 2.14. The fraction of sp³-hybridized carbons (Fsp3) is 0.111. The molecule has 3 nitrogen and oxygen atoms in total. The lowest BCUT2D eigenvalue weighted by Gasteiger charge is -2.07. The lowest BCUT2D eigenvalue weighted by Crippen LogP contribution is -2.04. The summed E-state index contributed by atoms with van der Waals surface area (Å²) in [5.41, 5.74) is -0.734. The molecule has 0 aliphatic carbocycles. The summed E-state index contributed by atoms with van der Waals surface area (Å²) in [4.78, 5) is 9.28. The van der Waals surface area contributed by atoms with E-state index in [4.69, 9.17) is 11.6 Å². The van der Waals surface area contributed by atoms with Crippen LogP contribution in [0.2, 0.25) is 5.02 Å². The van der Waals surface area contributed by atoms with Crippen molar-refractivity contribution in [2.24, 2.45) is 0 Å². The Kier molecular flexibility index (Phi) is 3.54. The van der Waals surface area contributed by atoms with Crippen LogP contribution in [0.15, 0.2) is 24.4 Å². The predicted molar refractivity (Wildman–Crippen MR) is 52.5 cm³/mol. The van der Waals surface area contributed by atoms with Crippen LogP contribution in [0.3, 0.4) is 0 Å². The molecule has 0 amide bonds. The van der Waals surface area contributed by atoms with Gasteiger partial charge in [0.25, 0.3) is 0 Å². The fourth-order valence-electron chi connectivity index (χ4n) is 0.980. The van der Waals surface area contributed by atoms with Crippen LogP contribution >= 0.6 is 11.6 Å². The Bertz CT molecular complexity index is 443. The first kappa shape index (κ1) is 12.5. The molecular formula is C9H5ClF3NO2. The van der Waals surface area contributed by atoms with Crippen molar-refractivity contribution in [2.75, 3.05) is 0 Å². The maximum atomic E-state index is 12.2. The number of nitrogens with zero attached hydrogens (tertiary/aromatic N) is 1. The SMILES string of the molecule is O=[N+]([O-])C=Cc1ccc(C(F)(F)F)cc1Cl. The molecule has 1 rings (SSSR count). The highest BCUT2D eigenvalue weighted by Gasteiger charge is 2.30. The number of rotatable bonds is 2. The van der Waals surface area contributed by atoms with Gasteiger partial charge in [-0.2, -0.15) is 13.2 Å². The molecule has 0 aliphatic heterocycles. The minimum atomic E-state index is -4.48. The number of hydrogen-bond donors (Lipinski definition) is 0. The zero-order chi connectivity index (χ0) is 12.3. The van der Waals surface area contributed by atoms with Crippen LogP contribution < -0.4 is 0 Å². The first-order valence-electron chi connectivity index (χ1n) is 3.99. The van der Waals surface area contributed by atoms with E-state index in [1.54, 1.807) is 0 Å². The van der Waals surface area contributed by atoms with E-state index in [1.807, 2.05) is 0 Å². The van der Waals surface area contributed by atoms with Gasteiger partial charge in [-0.05, 0) is 17.7 Å². The van der Waals surface area contributed by atoms with Crippen molar-refractivity contribution in [2.45, 2.75) is 6.18 Å². The Hall–Kier alpha value is -1.56. The summed E-state index contributed by atoms with van der Waals surface area (Å²) >= 11 is 5.55. The molecule has 0 atom stereocenters. The standard InChI is InChI=1S/C9H5ClF3NO2/c10-8-5-7(9(11,12)13)2-1-6(8)3-4-14(15)16/h1-5H. The van der Waals surface area contributed by atoms with Crippen LogP contribution in [0.25, 0.3) is 6.08 Å². The fourth-order valence-corrected chi connectivity index (χ4v) is 1.22. The molecule has 0 saturated heterocycles. The second-order valence-electron chi connectivity index (χ2n) is 2.84. The quantitative estimate of drug-likeness (QED) is 0.595. The molecule has 0 heterocycles. The smallest absolute Gasteiger partial charge is 0.259 e. The molecule has 1 aromatic rings. The molecular weight excluding hydrogens is 247 g/mol. The third-order valence-corrected chi connectivity index (χ3v) is 2.03. The van der Waals surface area contributed by atoms with Gasteiger partial charge in [0.05, 0.1) is 10.5 Å². The second kappa shape index (κ2) is 4.52. The zero-order valence-electron chi connectivity index (χ0n) is 7.66. The van der Waals surface area contributed by atoms with Crippen molar-refractivity contribution in [3.63, 3.8) is 0 Å². The van der Waals surface area contributed by atoms with Crippen LogP contribution in [0, 0.1) is 10.1 Å². The van der Waals surface area contributed by atoms with Gasteiger partial charge in [0, 0.05) is 11.1 Å². The normalized spacial score (nSPS) is 12.0. The summed E-state index contributed by atoms with van der Waals surface area (Å²) in [5, 5.41) is 9.82. The molecule has 0 saturated carbocycles. The molecule has 1 aromatic carbocycles. The first-order valence-corrected chi connectivity index (χ1v) is 4.37. The molecule has 0 fully saturated rings. The summed E-state index contributed by atoms with van der Waals surface area (Å²) in [6, 6.07) is 2.61. The molecule has 7 heteroatoms.